The molecule has 0 saturated heterocycles. The summed E-state index contributed by atoms with van der Waals surface area (Å²) in [4.78, 5) is 13.0. The zero-order chi connectivity index (χ0) is 14.7. The van der Waals surface area contributed by atoms with Crippen LogP contribution in [0.15, 0.2) is 50.2 Å². The standard InChI is InChI=1S/C14H8Br2ClFOS/c15-9-3-1-2-4-12(9)20-7-11(19)8-5-6-10(16)13(17)14(8)18/h1-6H,7H2. The highest BCUT2D eigenvalue weighted by Crippen LogP contribution is 2.30. The van der Waals surface area contributed by atoms with Crippen LogP contribution in [-0.4, -0.2) is 11.5 Å². The van der Waals surface area contributed by atoms with E-state index in [9.17, 15) is 9.18 Å². The molecule has 6 heteroatoms. The molecule has 0 atom stereocenters. The van der Waals surface area contributed by atoms with Crippen LogP contribution >= 0.6 is 55.2 Å². The minimum atomic E-state index is -0.682. The van der Waals surface area contributed by atoms with E-state index in [1.165, 1.54) is 17.8 Å². The van der Waals surface area contributed by atoms with Gasteiger partial charge in [-0.25, -0.2) is 4.39 Å². The molecule has 0 amide bonds. The third-order valence-electron chi connectivity index (χ3n) is 2.53. The average molecular weight is 439 g/mol. The van der Waals surface area contributed by atoms with Crippen molar-refractivity contribution in [3.63, 3.8) is 0 Å². The molecule has 0 heterocycles. The number of Topliss-reactive ketones (excluding diaryl/α,β-unsaturated/α-hetero) is 1. The normalized spacial score (nSPS) is 10.6. The molecular weight excluding hydrogens is 430 g/mol. The molecule has 0 spiro atoms. The maximum Gasteiger partial charge on any atom is 0.176 e. The summed E-state index contributed by atoms with van der Waals surface area (Å²) in [5.41, 5.74) is 0.0118. The Bertz CT molecular complexity index is 664. The van der Waals surface area contributed by atoms with Crippen molar-refractivity contribution < 1.29 is 9.18 Å². The topological polar surface area (TPSA) is 17.1 Å². The molecule has 0 aliphatic carbocycles. The first-order valence-corrected chi connectivity index (χ1v) is 8.49. The van der Waals surface area contributed by atoms with E-state index in [1.54, 1.807) is 6.07 Å². The van der Waals surface area contributed by atoms with Crippen molar-refractivity contribution in [3.05, 3.63) is 61.7 Å². The van der Waals surface area contributed by atoms with E-state index in [2.05, 4.69) is 31.9 Å². The van der Waals surface area contributed by atoms with Gasteiger partial charge in [0.05, 0.1) is 16.3 Å². The van der Waals surface area contributed by atoms with Gasteiger partial charge >= 0.3 is 0 Å². The van der Waals surface area contributed by atoms with Crippen LogP contribution in [0.2, 0.25) is 5.02 Å². The number of thioether (sulfide) groups is 1. The molecule has 0 aliphatic heterocycles. The van der Waals surface area contributed by atoms with Gasteiger partial charge in [0.2, 0.25) is 0 Å². The number of hydrogen-bond acceptors (Lipinski definition) is 2. The van der Waals surface area contributed by atoms with E-state index < -0.39 is 5.82 Å². The Morgan fingerprint density at radius 1 is 1.15 bits per heavy atom. The molecule has 0 saturated carbocycles. The predicted molar refractivity (Wildman–Crippen MR) is 88.3 cm³/mol. The Kier molecular flexibility index (Phi) is 5.66. The van der Waals surface area contributed by atoms with E-state index in [1.807, 2.05) is 24.3 Å². The first-order chi connectivity index (χ1) is 9.50. The molecule has 104 valence electrons. The molecule has 0 aliphatic rings. The highest BCUT2D eigenvalue weighted by molar-refractivity contribution is 9.10. The predicted octanol–water partition coefficient (Wildman–Crippen LogP) is 5.98. The molecule has 0 aromatic heterocycles. The van der Waals surface area contributed by atoms with Crippen molar-refractivity contribution in [2.24, 2.45) is 0 Å². The van der Waals surface area contributed by atoms with Gasteiger partial charge in [-0.2, -0.15) is 0 Å². The number of carbonyl (C=O) groups excluding carboxylic acids is 1. The second kappa shape index (κ2) is 7.07. The third kappa shape index (κ3) is 3.64. The summed E-state index contributed by atoms with van der Waals surface area (Å²) in [6, 6.07) is 10.6. The van der Waals surface area contributed by atoms with Crippen LogP contribution < -0.4 is 0 Å². The van der Waals surface area contributed by atoms with E-state index >= 15 is 0 Å². The van der Waals surface area contributed by atoms with Gasteiger partial charge in [0.15, 0.2) is 11.6 Å². The summed E-state index contributed by atoms with van der Waals surface area (Å²) in [6.45, 7) is 0. The van der Waals surface area contributed by atoms with Crippen LogP contribution in [0, 0.1) is 5.82 Å². The Morgan fingerprint density at radius 2 is 1.85 bits per heavy atom. The molecule has 0 bridgehead atoms. The molecule has 2 aromatic rings. The maximum atomic E-state index is 13.9. The molecule has 1 nitrogen and oxygen atoms in total. The van der Waals surface area contributed by atoms with Crippen molar-refractivity contribution in [2.75, 3.05) is 5.75 Å². The van der Waals surface area contributed by atoms with Crippen LogP contribution in [-0.2, 0) is 0 Å². The van der Waals surface area contributed by atoms with Gasteiger partial charge in [0, 0.05) is 13.8 Å². The van der Waals surface area contributed by atoms with Crippen LogP contribution in [0.5, 0.6) is 0 Å². The summed E-state index contributed by atoms with van der Waals surface area (Å²) in [6.07, 6.45) is 0. The van der Waals surface area contributed by atoms with Gasteiger partial charge in [-0.3, -0.25) is 4.79 Å². The summed E-state index contributed by atoms with van der Waals surface area (Å²) in [7, 11) is 0. The number of ketones is 1. The minimum absolute atomic E-state index is 0.0118. The van der Waals surface area contributed by atoms with Crippen molar-refractivity contribution in [2.45, 2.75) is 4.90 Å². The molecule has 2 aromatic carbocycles. The Morgan fingerprint density at radius 3 is 2.55 bits per heavy atom. The van der Waals surface area contributed by atoms with Crippen LogP contribution in [0.1, 0.15) is 10.4 Å². The number of rotatable bonds is 4. The molecule has 0 fully saturated rings. The average Bonchev–Trinajstić information content (AvgIpc) is 2.44. The number of hydrogen-bond donors (Lipinski definition) is 0. The van der Waals surface area contributed by atoms with Crippen LogP contribution in [0.3, 0.4) is 0 Å². The van der Waals surface area contributed by atoms with Gasteiger partial charge in [0.25, 0.3) is 0 Å². The van der Waals surface area contributed by atoms with Crippen LogP contribution in [0.25, 0.3) is 0 Å². The Hall–Kier alpha value is -0.360. The van der Waals surface area contributed by atoms with Gasteiger partial charge in [-0.1, -0.05) is 23.7 Å². The van der Waals surface area contributed by atoms with E-state index in [4.69, 9.17) is 11.6 Å². The van der Waals surface area contributed by atoms with E-state index in [-0.39, 0.29) is 22.1 Å². The van der Waals surface area contributed by atoms with Gasteiger partial charge in [0.1, 0.15) is 0 Å². The zero-order valence-corrected chi connectivity index (χ0v) is 14.7. The molecule has 2 rings (SSSR count). The first-order valence-electron chi connectivity index (χ1n) is 5.54. The van der Waals surface area contributed by atoms with E-state index in [0.29, 0.717) is 4.47 Å². The molecule has 0 N–H and O–H groups in total. The van der Waals surface area contributed by atoms with Gasteiger partial charge in [-0.15, -0.1) is 11.8 Å². The lowest BCUT2D eigenvalue weighted by Crippen LogP contribution is -2.06. The summed E-state index contributed by atoms with van der Waals surface area (Å²) in [5.74, 6) is -0.825. The number of carbonyl (C=O) groups is 1. The fourth-order valence-electron chi connectivity index (χ4n) is 1.52. The quantitative estimate of drug-likeness (QED) is 0.332. The third-order valence-corrected chi connectivity index (χ3v) is 5.82. The SMILES string of the molecule is O=C(CSc1ccccc1Br)c1ccc(Br)c(Cl)c1F. The monoisotopic (exact) mass is 436 g/mol. The molecule has 0 unspecified atom stereocenters. The number of halogens is 4. The lowest BCUT2D eigenvalue weighted by Gasteiger charge is -2.06. The van der Waals surface area contributed by atoms with Crippen LogP contribution in [0.4, 0.5) is 4.39 Å². The van der Waals surface area contributed by atoms with Gasteiger partial charge in [-0.05, 0) is 56.1 Å². The van der Waals surface area contributed by atoms with Crippen molar-refractivity contribution >= 4 is 61.0 Å². The highest BCUT2D eigenvalue weighted by Gasteiger charge is 2.17. The second-order valence-electron chi connectivity index (χ2n) is 3.87. The Labute approximate surface area is 142 Å². The summed E-state index contributed by atoms with van der Waals surface area (Å²) in [5, 5.41) is -0.0678. The molecule has 0 radical (unpaired) electrons. The van der Waals surface area contributed by atoms with Gasteiger partial charge < -0.3 is 0 Å². The highest BCUT2D eigenvalue weighted by atomic mass is 79.9. The maximum absolute atomic E-state index is 13.9. The summed E-state index contributed by atoms with van der Waals surface area (Å²) >= 11 is 13.7. The smallest absolute Gasteiger partial charge is 0.176 e. The molecule has 20 heavy (non-hydrogen) atoms. The van der Waals surface area contributed by atoms with E-state index in [0.717, 1.165) is 9.37 Å². The largest absolute Gasteiger partial charge is 0.293 e. The lowest BCUT2D eigenvalue weighted by atomic mass is 10.1. The fourth-order valence-corrected chi connectivity index (χ4v) is 3.45. The van der Waals surface area contributed by atoms with Crippen molar-refractivity contribution in [3.8, 4) is 0 Å². The number of benzene rings is 2. The molecular formula is C14H8Br2ClFOS. The van der Waals surface area contributed by atoms with Crippen molar-refractivity contribution in [1.82, 2.24) is 0 Å². The minimum Gasteiger partial charge on any atom is -0.293 e. The second-order valence-corrected chi connectivity index (χ2v) is 6.97. The lowest BCUT2D eigenvalue weighted by molar-refractivity contribution is 0.101. The fraction of sp³-hybridized carbons (Fsp3) is 0.0714. The zero-order valence-electron chi connectivity index (χ0n) is 10.00. The summed E-state index contributed by atoms with van der Waals surface area (Å²) < 4.78 is 15.3. The first kappa shape index (κ1) is 16.0. The van der Waals surface area contributed by atoms with Crippen molar-refractivity contribution in [1.29, 1.82) is 0 Å². The Balaban J connectivity index is 2.14.